The first kappa shape index (κ1) is 14.7. The lowest BCUT2D eigenvalue weighted by atomic mass is 10.1. The highest BCUT2D eigenvalue weighted by molar-refractivity contribution is 5.98. The Morgan fingerprint density at radius 2 is 1.86 bits per heavy atom. The standard InChI is InChI=1S/C16H18N2O3/c1-20-12-8-6-11(7-9-12)10-18-14-5-3-4-13(15(14)17)16(19)21-2/h3-9,18H,10,17H2,1-2H3. The largest absolute Gasteiger partial charge is 0.497 e. The molecule has 3 N–H and O–H groups in total. The van der Waals surface area contributed by atoms with E-state index in [1.165, 1.54) is 7.11 Å². The average Bonchev–Trinajstić information content (AvgIpc) is 2.53. The van der Waals surface area contributed by atoms with E-state index in [-0.39, 0.29) is 0 Å². The Hall–Kier alpha value is -2.69. The topological polar surface area (TPSA) is 73.6 Å². The number of hydrogen-bond donors (Lipinski definition) is 2. The fraction of sp³-hybridized carbons (Fsp3) is 0.188. The van der Waals surface area contributed by atoms with Crippen molar-refractivity contribution in [3.05, 3.63) is 53.6 Å². The van der Waals surface area contributed by atoms with Crippen molar-refractivity contribution in [3.8, 4) is 5.75 Å². The Labute approximate surface area is 123 Å². The predicted molar refractivity (Wildman–Crippen MR) is 82.5 cm³/mol. The fourth-order valence-electron chi connectivity index (χ4n) is 1.95. The van der Waals surface area contributed by atoms with Crippen LogP contribution in [0.25, 0.3) is 0 Å². The van der Waals surface area contributed by atoms with Crippen molar-refractivity contribution in [2.45, 2.75) is 6.54 Å². The van der Waals surface area contributed by atoms with Gasteiger partial charge in [0.2, 0.25) is 0 Å². The number of nitrogen functional groups attached to an aromatic ring is 1. The van der Waals surface area contributed by atoms with Crippen molar-refractivity contribution >= 4 is 17.3 Å². The van der Waals surface area contributed by atoms with Gasteiger partial charge in [-0.25, -0.2) is 4.79 Å². The van der Waals surface area contributed by atoms with Crippen molar-refractivity contribution in [1.29, 1.82) is 0 Å². The van der Waals surface area contributed by atoms with Gasteiger partial charge in [0, 0.05) is 6.54 Å². The Kier molecular flexibility index (Phi) is 4.66. The van der Waals surface area contributed by atoms with Gasteiger partial charge in [-0.05, 0) is 29.8 Å². The summed E-state index contributed by atoms with van der Waals surface area (Å²) in [5.74, 6) is 0.367. The molecule has 0 bridgehead atoms. The Morgan fingerprint density at radius 3 is 2.48 bits per heavy atom. The highest BCUT2D eigenvalue weighted by Crippen LogP contribution is 2.24. The molecule has 0 radical (unpaired) electrons. The second-order valence-electron chi connectivity index (χ2n) is 4.46. The summed E-state index contributed by atoms with van der Waals surface area (Å²) in [6, 6.07) is 12.9. The van der Waals surface area contributed by atoms with Gasteiger partial charge in [0.15, 0.2) is 0 Å². The van der Waals surface area contributed by atoms with Crippen LogP contribution in [0.4, 0.5) is 11.4 Å². The summed E-state index contributed by atoms with van der Waals surface area (Å²) in [7, 11) is 2.96. The van der Waals surface area contributed by atoms with E-state index >= 15 is 0 Å². The first-order valence-electron chi connectivity index (χ1n) is 6.49. The molecule has 2 aromatic rings. The van der Waals surface area contributed by atoms with Crippen LogP contribution in [0.5, 0.6) is 5.75 Å². The smallest absolute Gasteiger partial charge is 0.340 e. The molecule has 110 valence electrons. The van der Waals surface area contributed by atoms with Gasteiger partial charge in [-0.2, -0.15) is 0 Å². The number of para-hydroxylation sites is 1. The minimum atomic E-state index is -0.444. The van der Waals surface area contributed by atoms with Crippen LogP contribution in [0.1, 0.15) is 15.9 Å². The molecule has 21 heavy (non-hydrogen) atoms. The molecule has 0 heterocycles. The monoisotopic (exact) mass is 286 g/mol. The maximum atomic E-state index is 11.6. The summed E-state index contributed by atoms with van der Waals surface area (Å²) in [4.78, 5) is 11.6. The van der Waals surface area contributed by atoms with E-state index in [0.29, 0.717) is 23.5 Å². The SMILES string of the molecule is COC(=O)c1cccc(NCc2ccc(OC)cc2)c1N. The first-order chi connectivity index (χ1) is 10.2. The lowest BCUT2D eigenvalue weighted by molar-refractivity contribution is 0.0602. The molecule has 5 nitrogen and oxygen atoms in total. The normalized spacial score (nSPS) is 10.0. The lowest BCUT2D eigenvalue weighted by Crippen LogP contribution is -2.09. The lowest BCUT2D eigenvalue weighted by Gasteiger charge is -2.12. The highest BCUT2D eigenvalue weighted by Gasteiger charge is 2.12. The molecule has 0 unspecified atom stereocenters. The molecule has 2 rings (SSSR count). The van der Waals surface area contributed by atoms with Gasteiger partial charge in [0.25, 0.3) is 0 Å². The molecule has 0 spiro atoms. The van der Waals surface area contributed by atoms with Crippen molar-refractivity contribution in [2.75, 3.05) is 25.3 Å². The van der Waals surface area contributed by atoms with Gasteiger partial charge in [-0.15, -0.1) is 0 Å². The molecule has 0 aromatic heterocycles. The number of carbonyl (C=O) groups excluding carboxylic acids is 1. The molecule has 0 saturated carbocycles. The fourth-order valence-corrected chi connectivity index (χ4v) is 1.95. The number of carbonyl (C=O) groups is 1. The number of nitrogens with one attached hydrogen (secondary N) is 1. The molecule has 0 aliphatic carbocycles. The van der Waals surface area contributed by atoms with Crippen molar-refractivity contribution in [3.63, 3.8) is 0 Å². The zero-order valence-electron chi connectivity index (χ0n) is 12.1. The summed E-state index contributed by atoms with van der Waals surface area (Å²) in [6.07, 6.45) is 0. The number of benzene rings is 2. The quantitative estimate of drug-likeness (QED) is 0.653. The summed E-state index contributed by atoms with van der Waals surface area (Å²) in [5.41, 5.74) is 8.52. The van der Waals surface area contributed by atoms with Crippen LogP contribution < -0.4 is 15.8 Å². The van der Waals surface area contributed by atoms with E-state index in [4.69, 9.17) is 15.2 Å². The van der Waals surface area contributed by atoms with Crippen molar-refractivity contribution < 1.29 is 14.3 Å². The van der Waals surface area contributed by atoms with Crippen LogP contribution in [-0.2, 0) is 11.3 Å². The molecule has 0 atom stereocenters. The van der Waals surface area contributed by atoms with E-state index in [2.05, 4.69) is 5.32 Å². The van der Waals surface area contributed by atoms with Gasteiger partial charge in [-0.3, -0.25) is 0 Å². The Balaban J connectivity index is 2.10. The number of nitrogens with two attached hydrogens (primary N) is 1. The number of methoxy groups -OCH3 is 2. The van der Waals surface area contributed by atoms with E-state index < -0.39 is 5.97 Å². The molecule has 0 aliphatic heterocycles. The zero-order valence-corrected chi connectivity index (χ0v) is 12.1. The number of ether oxygens (including phenoxy) is 2. The van der Waals surface area contributed by atoms with E-state index in [0.717, 1.165) is 11.3 Å². The minimum absolute atomic E-state index is 0.359. The van der Waals surface area contributed by atoms with E-state index in [9.17, 15) is 4.79 Å². The van der Waals surface area contributed by atoms with Crippen molar-refractivity contribution in [2.24, 2.45) is 0 Å². The summed E-state index contributed by atoms with van der Waals surface area (Å²) in [6.45, 7) is 0.596. The predicted octanol–water partition coefficient (Wildman–Crippen LogP) is 2.68. The molecular weight excluding hydrogens is 268 g/mol. The Morgan fingerprint density at radius 1 is 1.14 bits per heavy atom. The molecule has 5 heteroatoms. The molecule has 0 amide bonds. The highest BCUT2D eigenvalue weighted by atomic mass is 16.5. The molecule has 0 aliphatic rings. The third-order valence-electron chi connectivity index (χ3n) is 3.15. The van der Waals surface area contributed by atoms with Gasteiger partial charge in [0.1, 0.15) is 5.75 Å². The van der Waals surface area contributed by atoms with Crippen LogP contribution in [0, 0.1) is 0 Å². The third kappa shape index (κ3) is 3.45. The minimum Gasteiger partial charge on any atom is -0.497 e. The van der Waals surface area contributed by atoms with Gasteiger partial charge in [-0.1, -0.05) is 18.2 Å². The third-order valence-corrected chi connectivity index (χ3v) is 3.15. The molecular formula is C16H18N2O3. The average molecular weight is 286 g/mol. The maximum absolute atomic E-state index is 11.6. The van der Waals surface area contributed by atoms with Crippen LogP contribution in [-0.4, -0.2) is 20.2 Å². The summed E-state index contributed by atoms with van der Waals surface area (Å²) >= 11 is 0. The van der Waals surface area contributed by atoms with Crippen LogP contribution in [0.2, 0.25) is 0 Å². The van der Waals surface area contributed by atoms with Gasteiger partial charge in [0.05, 0.1) is 31.2 Å². The van der Waals surface area contributed by atoms with E-state index in [1.54, 1.807) is 19.2 Å². The molecule has 0 saturated heterocycles. The zero-order chi connectivity index (χ0) is 15.2. The van der Waals surface area contributed by atoms with Crippen LogP contribution >= 0.6 is 0 Å². The van der Waals surface area contributed by atoms with Gasteiger partial charge < -0.3 is 20.5 Å². The number of hydrogen-bond acceptors (Lipinski definition) is 5. The number of rotatable bonds is 5. The number of esters is 1. The summed E-state index contributed by atoms with van der Waals surface area (Å²) < 4.78 is 9.81. The van der Waals surface area contributed by atoms with E-state index in [1.807, 2.05) is 30.3 Å². The van der Waals surface area contributed by atoms with Gasteiger partial charge >= 0.3 is 5.97 Å². The van der Waals surface area contributed by atoms with Crippen LogP contribution in [0.3, 0.4) is 0 Å². The summed E-state index contributed by atoms with van der Waals surface area (Å²) in [5, 5.41) is 3.21. The second kappa shape index (κ2) is 6.65. The second-order valence-corrected chi connectivity index (χ2v) is 4.46. The van der Waals surface area contributed by atoms with Crippen molar-refractivity contribution in [1.82, 2.24) is 0 Å². The molecule has 0 fully saturated rings. The Bertz CT molecular complexity index is 624. The molecule has 2 aromatic carbocycles. The first-order valence-corrected chi connectivity index (χ1v) is 6.49. The number of anilines is 2. The maximum Gasteiger partial charge on any atom is 0.340 e. The van der Waals surface area contributed by atoms with Crippen LogP contribution in [0.15, 0.2) is 42.5 Å².